The number of ether oxygens (including phenoxy) is 2. The Labute approximate surface area is 164 Å². The summed E-state index contributed by atoms with van der Waals surface area (Å²) in [6.45, 7) is -3.82. The number of halogens is 2. The molecule has 154 valence electrons. The van der Waals surface area contributed by atoms with Gasteiger partial charge in [-0.1, -0.05) is 12.1 Å². The third kappa shape index (κ3) is 5.86. The first-order chi connectivity index (χ1) is 13.7. The molecular weight excluding hydrogens is 392 g/mol. The van der Waals surface area contributed by atoms with Gasteiger partial charge in [-0.2, -0.15) is 8.78 Å². The molecule has 0 aliphatic rings. The molecule has 9 nitrogen and oxygen atoms in total. The standard InChI is InChI=1S/C18H17F2N3O6/c1-22(2)14-8-7-11(23(26)27)9-12(14)17(25)28-10-16(24)21-13-5-3-4-6-15(13)29-18(19)20/h3-9,18H,10H2,1-2H3,(H,21,24). The molecule has 0 aliphatic carbocycles. The van der Waals surface area contributed by atoms with Crippen molar-refractivity contribution in [2.24, 2.45) is 0 Å². The smallest absolute Gasteiger partial charge is 0.387 e. The van der Waals surface area contributed by atoms with Crippen molar-refractivity contribution in [1.29, 1.82) is 0 Å². The summed E-state index contributed by atoms with van der Waals surface area (Å²) in [6.07, 6.45) is 0. The van der Waals surface area contributed by atoms with Gasteiger partial charge in [0.05, 0.1) is 21.9 Å². The molecule has 0 spiro atoms. The van der Waals surface area contributed by atoms with Crippen LogP contribution < -0.4 is 15.0 Å². The molecule has 2 rings (SSSR count). The quantitative estimate of drug-likeness (QED) is 0.405. The normalized spacial score (nSPS) is 10.4. The second-order valence-electron chi connectivity index (χ2n) is 5.85. The van der Waals surface area contributed by atoms with Crippen LogP contribution >= 0.6 is 0 Å². The van der Waals surface area contributed by atoms with Gasteiger partial charge in [0.1, 0.15) is 5.75 Å². The molecular formula is C18H17F2N3O6. The number of alkyl halides is 2. The molecule has 0 unspecified atom stereocenters. The first-order valence-electron chi connectivity index (χ1n) is 8.15. The second kappa shape index (κ2) is 9.44. The van der Waals surface area contributed by atoms with E-state index < -0.39 is 30.0 Å². The van der Waals surface area contributed by atoms with Crippen LogP contribution in [0.25, 0.3) is 0 Å². The van der Waals surface area contributed by atoms with E-state index >= 15 is 0 Å². The predicted octanol–water partition coefficient (Wildman–Crippen LogP) is 3.06. The summed E-state index contributed by atoms with van der Waals surface area (Å²) in [5, 5.41) is 13.2. The fraction of sp³-hybridized carbons (Fsp3) is 0.222. The lowest BCUT2D eigenvalue weighted by Gasteiger charge is -2.16. The lowest BCUT2D eigenvalue weighted by molar-refractivity contribution is -0.384. The molecule has 0 aromatic heterocycles. The van der Waals surface area contributed by atoms with E-state index in [0.29, 0.717) is 5.69 Å². The van der Waals surface area contributed by atoms with E-state index in [1.165, 1.54) is 36.4 Å². The highest BCUT2D eigenvalue weighted by molar-refractivity contribution is 5.99. The number of anilines is 2. The van der Waals surface area contributed by atoms with E-state index in [-0.39, 0.29) is 22.7 Å². The van der Waals surface area contributed by atoms with Gasteiger partial charge >= 0.3 is 12.6 Å². The van der Waals surface area contributed by atoms with E-state index in [9.17, 15) is 28.5 Å². The Bertz CT molecular complexity index is 920. The van der Waals surface area contributed by atoms with Crippen LogP contribution in [0.4, 0.5) is 25.8 Å². The van der Waals surface area contributed by atoms with E-state index in [4.69, 9.17) is 4.74 Å². The molecule has 1 amide bonds. The number of non-ortho nitro benzene ring substituents is 1. The Morgan fingerprint density at radius 2 is 1.90 bits per heavy atom. The van der Waals surface area contributed by atoms with Crippen LogP contribution in [0.2, 0.25) is 0 Å². The average molecular weight is 409 g/mol. The number of carbonyl (C=O) groups excluding carboxylic acids is 2. The number of nitrogens with zero attached hydrogens (tertiary/aromatic N) is 2. The van der Waals surface area contributed by atoms with Crippen LogP contribution in [0.1, 0.15) is 10.4 Å². The summed E-state index contributed by atoms with van der Waals surface area (Å²) in [6, 6.07) is 9.17. The van der Waals surface area contributed by atoms with Gasteiger partial charge in [0.2, 0.25) is 0 Å². The lowest BCUT2D eigenvalue weighted by atomic mass is 10.1. The summed E-state index contributed by atoms with van der Waals surface area (Å²) in [7, 11) is 3.26. The molecule has 2 aromatic carbocycles. The van der Waals surface area contributed by atoms with Gasteiger partial charge in [0.25, 0.3) is 11.6 Å². The number of hydrogen-bond donors (Lipinski definition) is 1. The van der Waals surface area contributed by atoms with Crippen molar-refractivity contribution in [1.82, 2.24) is 0 Å². The van der Waals surface area contributed by atoms with Crippen molar-refractivity contribution in [3.05, 3.63) is 58.1 Å². The van der Waals surface area contributed by atoms with Gasteiger partial charge in [0, 0.05) is 26.2 Å². The second-order valence-corrected chi connectivity index (χ2v) is 5.85. The molecule has 0 radical (unpaired) electrons. The molecule has 1 N–H and O–H groups in total. The van der Waals surface area contributed by atoms with E-state index in [2.05, 4.69) is 10.1 Å². The van der Waals surface area contributed by atoms with Gasteiger partial charge in [-0.25, -0.2) is 4.79 Å². The summed E-state index contributed by atoms with van der Waals surface area (Å²) in [4.78, 5) is 36.2. The van der Waals surface area contributed by atoms with Crippen molar-refractivity contribution in [3.63, 3.8) is 0 Å². The van der Waals surface area contributed by atoms with Crippen LogP contribution in [0.5, 0.6) is 5.75 Å². The molecule has 0 saturated heterocycles. The number of benzene rings is 2. The number of carbonyl (C=O) groups is 2. The fourth-order valence-corrected chi connectivity index (χ4v) is 2.35. The number of amides is 1. The van der Waals surface area contributed by atoms with Gasteiger partial charge in [-0.3, -0.25) is 14.9 Å². The maximum Gasteiger partial charge on any atom is 0.387 e. The van der Waals surface area contributed by atoms with Crippen molar-refractivity contribution < 1.29 is 32.8 Å². The van der Waals surface area contributed by atoms with Crippen LogP contribution in [0.15, 0.2) is 42.5 Å². The Morgan fingerprint density at radius 1 is 1.21 bits per heavy atom. The van der Waals surface area contributed by atoms with Gasteiger partial charge in [0.15, 0.2) is 6.61 Å². The molecule has 0 heterocycles. The molecule has 0 bridgehead atoms. The largest absolute Gasteiger partial charge is 0.452 e. The third-order valence-electron chi connectivity index (χ3n) is 3.60. The molecule has 0 aliphatic heterocycles. The number of esters is 1. The van der Waals surface area contributed by atoms with Crippen molar-refractivity contribution in [2.45, 2.75) is 6.61 Å². The SMILES string of the molecule is CN(C)c1ccc([N+](=O)[O-])cc1C(=O)OCC(=O)Nc1ccccc1OC(F)F. The van der Waals surface area contributed by atoms with Crippen LogP contribution in [0, 0.1) is 10.1 Å². The summed E-state index contributed by atoms with van der Waals surface area (Å²) in [5.74, 6) is -2.01. The van der Waals surface area contributed by atoms with Crippen LogP contribution in [0.3, 0.4) is 0 Å². The Kier molecular flexibility index (Phi) is 7.01. The zero-order chi connectivity index (χ0) is 21.6. The topological polar surface area (TPSA) is 111 Å². The Hall–Kier alpha value is -3.76. The van der Waals surface area contributed by atoms with Crippen LogP contribution in [-0.4, -0.2) is 44.1 Å². The van der Waals surface area contributed by atoms with Gasteiger partial charge < -0.3 is 19.7 Å². The number of nitro benzene ring substituents is 1. The van der Waals surface area contributed by atoms with Gasteiger partial charge in [-0.05, 0) is 18.2 Å². The van der Waals surface area contributed by atoms with Crippen LogP contribution in [-0.2, 0) is 9.53 Å². The highest BCUT2D eigenvalue weighted by Gasteiger charge is 2.20. The lowest BCUT2D eigenvalue weighted by Crippen LogP contribution is -2.23. The average Bonchev–Trinajstić information content (AvgIpc) is 2.66. The predicted molar refractivity (Wildman–Crippen MR) is 99.4 cm³/mol. The molecule has 0 atom stereocenters. The molecule has 11 heteroatoms. The molecule has 29 heavy (non-hydrogen) atoms. The highest BCUT2D eigenvalue weighted by atomic mass is 19.3. The summed E-state index contributed by atoms with van der Waals surface area (Å²) >= 11 is 0. The van der Waals surface area contributed by atoms with Crippen molar-refractivity contribution in [3.8, 4) is 5.75 Å². The Morgan fingerprint density at radius 3 is 2.52 bits per heavy atom. The zero-order valence-electron chi connectivity index (χ0n) is 15.4. The van der Waals surface area contributed by atoms with Gasteiger partial charge in [-0.15, -0.1) is 0 Å². The third-order valence-corrected chi connectivity index (χ3v) is 3.60. The minimum atomic E-state index is -3.08. The Balaban J connectivity index is 2.09. The number of rotatable bonds is 8. The molecule has 0 saturated carbocycles. The van der Waals surface area contributed by atoms with Crippen molar-refractivity contribution in [2.75, 3.05) is 30.9 Å². The first-order valence-corrected chi connectivity index (χ1v) is 8.15. The number of nitro groups is 1. The molecule has 2 aromatic rings. The zero-order valence-corrected chi connectivity index (χ0v) is 15.4. The number of nitrogens with one attached hydrogen (secondary N) is 1. The van der Waals surface area contributed by atoms with E-state index in [0.717, 1.165) is 6.07 Å². The minimum Gasteiger partial charge on any atom is -0.452 e. The number of hydrogen-bond acceptors (Lipinski definition) is 7. The minimum absolute atomic E-state index is 0.0295. The monoisotopic (exact) mass is 409 g/mol. The molecule has 0 fully saturated rings. The highest BCUT2D eigenvalue weighted by Crippen LogP contribution is 2.26. The summed E-state index contributed by atoms with van der Waals surface area (Å²) in [5.41, 5.74) is -0.0848. The summed E-state index contributed by atoms with van der Waals surface area (Å²) < 4.78 is 34.0. The maximum absolute atomic E-state index is 12.4. The first kappa shape index (κ1) is 21.5. The van der Waals surface area contributed by atoms with Crippen molar-refractivity contribution >= 4 is 28.9 Å². The maximum atomic E-state index is 12.4. The number of para-hydroxylation sites is 2. The van der Waals surface area contributed by atoms with E-state index in [1.54, 1.807) is 19.0 Å². The van der Waals surface area contributed by atoms with E-state index in [1.807, 2.05) is 0 Å². The fourth-order valence-electron chi connectivity index (χ4n) is 2.35.